The number of alkyl halides is 2. The third kappa shape index (κ3) is 4.29. The van der Waals surface area contributed by atoms with E-state index in [0.29, 0.717) is 42.6 Å². The number of nitrogens with zero attached hydrogens (tertiary/aromatic N) is 2. The quantitative estimate of drug-likeness (QED) is 0.620. The first-order valence-electron chi connectivity index (χ1n) is 9.07. The fourth-order valence-electron chi connectivity index (χ4n) is 3.63. The lowest BCUT2D eigenvalue weighted by Crippen LogP contribution is -2.34. The van der Waals surface area contributed by atoms with E-state index in [0.717, 1.165) is 0 Å². The van der Waals surface area contributed by atoms with Crippen molar-refractivity contribution in [2.75, 3.05) is 6.54 Å². The second-order valence-corrected chi connectivity index (χ2v) is 7.63. The highest BCUT2D eigenvalue weighted by Gasteiger charge is 2.37. The van der Waals surface area contributed by atoms with Crippen LogP contribution in [0.25, 0.3) is 0 Å². The first kappa shape index (κ1) is 19.7. The molecular weight excluding hydrogens is 376 g/mol. The number of rotatable bonds is 4. The lowest BCUT2D eigenvalue weighted by atomic mass is 9.86. The average molecular weight is 398 g/mol. The molecule has 8 heteroatoms. The van der Waals surface area contributed by atoms with Gasteiger partial charge in [-0.3, -0.25) is 9.59 Å². The Bertz CT molecular complexity index is 800. The van der Waals surface area contributed by atoms with E-state index >= 15 is 0 Å². The summed E-state index contributed by atoms with van der Waals surface area (Å²) in [5.74, 6) is -2.99. The van der Waals surface area contributed by atoms with Crippen molar-refractivity contribution in [3.05, 3.63) is 33.8 Å². The van der Waals surface area contributed by atoms with Crippen LogP contribution in [0.15, 0.2) is 17.1 Å². The van der Waals surface area contributed by atoms with Gasteiger partial charge in [-0.15, -0.1) is 0 Å². The Balaban J connectivity index is 1.76. The molecule has 1 aliphatic heterocycles. The summed E-state index contributed by atoms with van der Waals surface area (Å²) in [6.07, 6.45) is 0.799. The van der Waals surface area contributed by atoms with Crippen LogP contribution in [-0.4, -0.2) is 35.0 Å². The number of fused-ring (bicyclic) bond motifs is 1. The number of carbonyl (C=O) groups is 2. The predicted molar refractivity (Wildman–Crippen MR) is 99.1 cm³/mol. The van der Waals surface area contributed by atoms with Gasteiger partial charge in [0.2, 0.25) is 11.8 Å². The molecule has 0 unspecified atom stereocenters. The molecule has 0 atom stereocenters. The van der Waals surface area contributed by atoms with Gasteiger partial charge in [-0.2, -0.15) is 4.99 Å². The summed E-state index contributed by atoms with van der Waals surface area (Å²) in [7, 11) is 0. The van der Waals surface area contributed by atoms with E-state index in [1.54, 1.807) is 17.9 Å². The lowest BCUT2D eigenvalue weighted by Gasteiger charge is -2.30. The fourth-order valence-corrected chi connectivity index (χ4v) is 3.95. The molecule has 0 bridgehead atoms. The molecule has 0 radical (unpaired) electrons. The molecule has 3 rings (SSSR count). The smallest absolute Gasteiger partial charge is 0.256 e. The molecule has 5 nitrogen and oxygen atoms in total. The van der Waals surface area contributed by atoms with Gasteiger partial charge in [-0.25, -0.2) is 8.78 Å². The number of aliphatic imine (C=N–C) groups is 1. The van der Waals surface area contributed by atoms with Crippen molar-refractivity contribution in [2.24, 2.45) is 16.6 Å². The molecule has 2 amide bonds. The van der Waals surface area contributed by atoms with Gasteiger partial charge >= 0.3 is 0 Å². The first-order chi connectivity index (χ1) is 12.7. The maximum absolute atomic E-state index is 13.3. The molecule has 27 heavy (non-hydrogen) atoms. The van der Waals surface area contributed by atoms with Crippen LogP contribution in [0, 0.1) is 5.92 Å². The highest BCUT2D eigenvalue weighted by Crippen LogP contribution is 2.38. The molecule has 0 saturated heterocycles. The normalized spacial score (nSPS) is 20.1. The molecule has 0 aromatic heterocycles. The van der Waals surface area contributed by atoms with Gasteiger partial charge in [0, 0.05) is 37.9 Å². The zero-order valence-electron chi connectivity index (χ0n) is 15.1. The average Bonchev–Trinajstić information content (AvgIpc) is 2.92. The number of benzene rings is 1. The third-order valence-corrected chi connectivity index (χ3v) is 5.49. The number of amidine groups is 1. The van der Waals surface area contributed by atoms with Crippen molar-refractivity contribution in [1.29, 1.82) is 0 Å². The van der Waals surface area contributed by atoms with E-state index in [4.69, 9.17) is 17.3 Å². The fraction of sp³-hybridized carbons (Fsp3) is 0.526. The molecule has 1 heterocycles. The van der Waals surface area contributed by atoms with Crippen LogP contribution in [0.5, 0.6) is 0 Å². The van der Waals surface area contributed by atoms with Crippen LogP contribution in [0.4, 0.5) is 8.78 Å². The van der Waals surface area contributed by atoms with Gasteiger partial charge in [-0.05, 0) is 36.5 Å². The van der Waals surface area contributed by atoms with E-state index in [1.165, 1.54) is 6.07 Å². The van der Waals surface area contributed by atoms with Gasteiger partial charge in [0.25, 0.3) is 5.91 Å². The van der Waals surface area contributed by atoms with E-state index in [2.05, 4.69) is 4.99 Å². The van der Waals surface area contributed by atoms with Crippen molar-refractivity contribution >= 4 is 29.3 Å². The number of hydrogen-bond acceptors (Lipinski definition) is 2. The summed E-state index contributed by atoms with van der Waals surface area (Å²) < 4.78 is 26.7. The minimum Gasteiger partial charge on any atom is -0.383 e. The molecule has 1 aromatic carbocycles. The summed E-state index contributed by atoms with van der Waals surface area (Å²) in [4.78, 5) is 29.6. The second-order valence-electron chi connectivity index (χ2n) is 7.22. The van der Waals surface area contributed by atoms with Gasteiger partial charge in [0.1, 0.15) is 5.84 Å². The molecular formula is C19H22ClF2N3O2. The van der Waals surface area contributed by atoms with Crippen molar-refractivity contribution in [3.63, 3.8) is 0 Å². The third-order valence-electron chi connectivity index (χ3n) is 5.19. The second kappa shape index (κ2) is 7.54. The van der Waals surface area contributed by atoms with Gasteiger partial charge in [-0.1, -0.05) is 18.5 Å². The molecule has 1 aromatic rings. The summed E-state index contributed by atoms with van der Waals surface area (Å²) in [5, 5.41) is 0.257. The minimum atomic E-state index is -2.58. The number of nitrogens with two attached hydrogens (primary N) is 1. The van der Waals surface area contributed by atoms with E-state index in [9.17, 15) is 18.4 Å². The number of hydrogen-bond donors (Lipinski definition) is 1. The zero-order valence-corrected chi connectivity index (χ0v) is 15.9. The van der Waals surface area contributed by atoms with Crippen molar-refractivity contribution in [3.8, 4) is 0 Å². The Labute approximate surface area is 161 Å². The Morgan fingerprint density at radius 3 is 2.67 bits per heavy atom. The van der Waals surface area contributed by atoms with Crippen LogP contribution in [0.2, 0.25) is 5.02 Å². The predicted octanol–water partition coefficient (Wildman–Crippen LogP) is 3.76. The Morgan fingerprint density at radius 2 is 2.04 bits per heavy atom. The molecule has 1 fully saturated rings. The molecule has 1 aliphatic carbocycles. The molecule has 2 aliphatic rings. The van der Waals surface area contributed by atoms with Crippen LogP contribution >= 0.6 is 11.6 Å². The first-order valence-corrected chi connectivity index (χ1v) is 9.45. The SMILES string of the molecule is CCC(=O)N=C(N)c1cc(Cl)c2c(c1)CN(CC1CCC(F)(F)CC1)C2=O. The maximum Gasteiger partial charge on any atom is 0.256 e. The van der Waals surface area contributed by atoms with E-state index in [-0.39, 0.29) is 47.9 Å². The van der Waals surface area contributed by atoms with Crippen LogP contribution < -0.4 is 5.73 Å². The Kier molecular flexibility index (Phi) is 5.51. The van der Waals surface area contributed by atoms with E-state index in [1.807, 2.05) is 0 Å². The Hall–Kier alpha value is -2.02. The number of carbonyl (C=O) groups excluding carboxylic acids is 2. The molecule has 2 N–H and O–H groups in total. The number of amides is 2. The number of halogens is 3. The van der Waals surface area contributed by atoms with E-state index < -0.39 is 5.92 Å². The Morgan fingerprint density at radius 1 is 1.37 bits per heavy atom. The highest BCUT2D eigenvalue weighted by molar-refractivity contribution is 6.34. The summed E-state index contributed by atoms with van der Waals surface area (Å²) in [5.41, 5.74) is 7.50. The summed E-state index contributed by atoms with van der Waals surface area (Å²) in [6, 6.07) is 3.25. The minimum absolute atomic E-state index is 0.0620. The van der Waals surface area contributed by atoms with Gasteiger partial charge in [0.15, 0.2) is 0 Å². The zero-order chi connectivity index (χ0) is 19.8. The molecule has 146 valence electrons. The summed E-state index contributed by atoms with van der Waals surface area (Å²) in [6.45, 7) is 2.48. The maximum atomic E-state index is 13.3. The monoisotopic (exact) mass is 397 g/mol. The largest absolute Gasteiger partial charge is 0.383 e. The lowest BCUT2D eigenvalue weighted by molar-refractivity contribution is -0.117. The molecule has 0 spiro atoms. The van der Waals surface area contributed by atoms with Crippen molar-refractivity contribution in [2.45, 2.75) is 51.5 Å². The summed E-state index contributed by atoms with van der Waals surface area (Å²) >= 11 is 6.29. The standard InChI is InChI=1S/C19H22ClF2N3O2/c1-2-15(26)24-17(23)12-7-13-10-25(18(27)16(13)14(20)8-12)9-11-3-5-19(21,22)6-4-11/h7-8,11H,2-6,9-10H2,1H3,(H2,23,24,26). The van der Waals surface area contributed by atoms with Crippen LogP contribution in [0.3, 0.4) is 0 Å². The van der Waals surface area contributed by atoms with Crippen LogP contribution in [0.1, 0.15) is 60.5 Å². The van der Waals surface area contributed by atoms with Gasteiger partial charge in [0.05, 0.1) is 10.6 Å². The molecule has 1 saturated carbocycles. The highest BCUT2D eigenvalue weighted by atomic mass is 35.5. The topological polar surface area (TPSA) is 75.8 Å². The van der Waals surface area contributed by atoms with Gasteiger partial charge < -0.3 is 10.6 Å². The van der Waals surface area contributed by atoms with Crippen LogP contribution in [-0.2, 0) is 11.3 Å². The van der Waals surface area contributed by atoms with Crippen molar-refractivity contribution < 1.29 is 18.4 Å². The van der Waals surface area contributed by atoms with Crippen molar-refractivity contribution in [1.82, 2.24) is 4.90 Å².